The summed E-state index contributed by atoms with van der Waals surface area (Å²) in [5, 5.41) is 2.50. The Kier molecular flexibility index (Phi) is 4.00. The van der Waals surface area contributed by atoms with Crippen molar-refractivity contribution in [1.82, 2.24) is 9.71 Å². The predicted molar refractivity (Wildman–Crippen MR) is 74.7 cm³/mol. The first-order chi connectivity index (χ1) is 8.49. The second-order valence-corrected chi connectivity index (χ2v) is 7.01. The van der Waals surface area contributed by atoms with E-state index < -0.39 is 10.0 Å². The highest BCUT2D eigenvalue weighted by Crippen LogP contribution is 2.24. The Hall–Kier alpha value is -0.960. The van der Waals surface area contributed by atoms with Gasteiger partial charge < -0.3 is 5.73 Å². The molecule has 0 unspecified atom stereocenters. The zero-order chi connectivity index (χ0) is 13.2. The minimum Gasteiger partial charge on any atom is -0.399 e. The number of nitrogens with zero attached hydrogens (tertiary/aromatic N) is 1. The maximum atomic E-state index is 12.1. The Morgan fingerprint density at radius 2 is 2.22 bits per heavy atom. The highest BCUT2D eigenvalue weighted by Gasteiger charge is 2.18. The number of rotatable bonds is 4. The van der Waals surface area contributed by atoms with Crippen molar-refractivity contribution in [2.45, 2.75) is 11.4 Å². The number of hydrogen-bond donors (Lipinski definition) is 2. The summed E-state index contributed by atoms with van der Waals surface area (Å²) >= 11 is 4.59. The smallest absolute Gasteiger partial charge is 0.242 e. The lowest BCUT2D eigenvalue weighted by atomic mass is 10.3. The predicted octanol–water partition coefficient (Wildman–Crippen LogP) is 1.97. The molecule has 18 heavy (non-hydrogen) atoms. The molecule has 0 aliphatic heterocycles. The lowest BCUT2D eigenvalue weighted by molar-refractivity contribution is 0.580. The SMILES string of the molecule is Nc1ccc(Br)c(S(=O)(=O)NCc2nccs2)c1. The quantitative estimate of drug-likeness (QED) is 0.828. The average molecular weight is 348 g/mol. The Morgan fingerprint density at radius 1 is 1.44 bits per heavy atom. The number of anilines is 1. The molecule has 1 aromatic carbocycles. The first-order valence-electron chi connectivity index (χ1n) is 4.92. The van der Waals surface area contributed by atoms with Gasteiger partial charge >= 0.3 is 0 Å². The van der Waals surface area contributed by atoms with E-state index in [4.69, 9.17) is 5.73 Å². The van der Waals surface area contributed by atoms with Gasteiger partial charge in [-0.25, -0.2) is 18.1 Å². The molecule has 0 radical (unpaired) electrons. The van der Waals surface area contributed by atoms with Gasteiger partial charge in [-0.2, -0.15) is 0 Å². The van der Waals surface area contributed by atoms with Crippen LogP contribution in [0.4, 0.5) is 5.69 Å². The molecule has 0 aliphatic rings. The molecule has 5 nitrogen and oxygen atoms in total. The van der Waals surface area contributed by atoms with Crippen molar-refractivity contribution in [3.63, 3.8) is 0 Å². The number of sulfonamides is 1. The Morgan fingerprint density at radius 3 is 2.89 bits per heavy atom. The summed E-state index contributed by atoms with van der Waals surface area (Å²) in [6, 6.07) is 4.64. The highest BCUT2D eigenvalue weighted by molar-refractivity contribution is 9.10. The fourth-order valence-corrected chi connectivity index (χ4v) is 3.93. The van der Waals surface area contributed by atoms with Crippen molar-refractivity contribution < 1.29 is 8.42 Å². The van der Waals surface area contributed by atoms with Gasteiger partial charge in [0.1, 0.15) is 5.01 Å². The normalized spacial score (nSPS) is 11.6. The lowest BCUT2D eigenvalue weighted by Crippen LogP contribution is -2.23. The van der Waals surface area contributed by atoms with Gasteiger partial charge in [-0.3, -0.25) is 0 Å². The minimum atomic E-state index is -3.60. The van der Waals surface area contributed by atoms with Crippen LogP contribution in [0.1, 0.15) is 5.01 Å². The number of halogens is 1. The Balaban J connectivity index is 2.22. The monoisotopic (exact) mass is 347 g/mol. The van der Waals surface area contributed by atoms with Gasteiger partial charge in [-0.1, -0.05) is 0 Å². The van der Waals surface area contributed by atoms with Gasteiger partial charge in [-0.05, 0) is 34.1 Å². The van der Waals surface area contributed by atoms with Crippen LogP contribution in [0.2, 0.25) is 0 Å². The van der Waals surface area contributed by atoms with Crippen LogP contribution in [0, 0.1) is 0 Å². The summed E-state index contributed by atoms with van der Waals surface area (Å²) in [5.74, 6) is 0. The van der Waals surface area contributed by atoms with E-state index in [9.17, 15) is 8.42 Å². The van der Waals surface area contributed by atoms with Crippen molar-refractivity contribution in [2.75, 3.05) is 5.73 Å². The van der Waals surface area contributed by atoms with Crippen LogP contribution in [0.25, 0.3) is 0 Å². The van der Waals surface area contributed by atoms with Crippen LogP contribution < -0.4 is 10.5 Å². The number of thiazole rings is 1. The van der Waals surface area contributed by atoms with E-state index in [0.29, 0.717) is 15.2 Å². The standard InChI is InChI=1S/C10H10BrN3O2S2/c11-8-2-1-7(12)5-9(8)18(15,16)14-6-10-13-3-4-17-10/h1-5,14H,6,12H2. The van der Waals surface area contributed by atoms with Crippen molar-refractivity contribution in [1.29, 1.82) is 0 Å². The molecule has 0 amide bonds. The Labute approximate surface area is 117 Å². The number of nitrogen functional groups attached to an aromatic ring is 1. The van der Waals surface area contributed by atoms with Gasteiger partial charge in [0.25, 0.3) is 0 Å². The maximum Gasteiger partial charge on any atom is 0.242 e. The molecule has 0 bridgehead atoms. The molecule has 0 saturated heterocycles. The molecule has 1 aromatic heterocycles. The third kappa shape index (κ3) is 3.08. The molecule has 2 rings (SSSR count). The van der Waals surface area contributed by atoms with Crippen LogP contribution in [0.3, 0.4) is 0 Å². The molecule has 8 heteroatoms. The number of aromatic nitrogens is 1. The molecular formula is C10H10BrN3O2S2. The van der Waals surface area contributed by atoms with Crippen molar-refractivity contribution in [2.24, 2.45) is 0 Å². The number of benzene rings is 1. The van der Waals surface area contributed by atoms with E-state index in [2.05, 4.69) is 25.6 Å². The maximum absolute atomic E-state index is 12.1. The fourth-order valence-electron chi connectivity index (χ4n) is 1.30. The number of nitrogens with one attached hydrogen (secondary N) is 1. The summed E-state index contributed by atoms with van der Waals surface area (Å²) in [7, 11) is -3.60. The zero-order valence-electron chi connectivity index (χ0n) is 9.13. The van der Waals surface area contributed by atoms with E-state index in [1.54, 1.807) is 23.7 Å². The van der Waals surface area contributed by atoms with Gasteiger partial charge in [0.05, 0.1) is 11.4 Å². The van der Waals surface area contributed by atoms with Crippen LogP contribution in [0.5, 0.6) is 0 Å². The molecule has 0 fully saturated rings. The summed E-state index contributed by atoms with van der Waals surface area (Å²) in [6.45, 7) is 0.168. The van der Waals surface area contributed by atoms with E-state index >= 15 is 0 Å². The molecule has 3 N–H and O–H groups in total. The largest absolute Gasteiger partial charge is 0.399 e. The van der Waals surface area contributed by atoms with Gasteiger partial charge in [0, 0.05) is 21.7 Å². The molecule has 1 heterocycles. The summed E-state index contributed by atoms with van der Waals surface area (Å²) in [5.41, 5.74) is 5.99. The van der Waals surface area contributed by atoms with E-state index in [1.807, 2.05) is 0 Å². The molecule has 96 valence electrons. The fraction of sp³-hybridized carbons (Fsp3) is 0.100. The van der Waals surface area contributed by atoms with Crippen LogP contribution in [0.15, 0.2) is 39.1 Å². The van der Waals surface area contributed by atoms with Gasteiger partial charge in [-0.15, -0.1) is 11.3 Å². The minimum absolute atomic E-state index is 0.124. The third-order valence-corrected chi connectivity index (χ3v) is 5.32. The number of nitrogens with two attached hydrogens (primary N) is 1. The van der Waals surface area contributed by atoms with Crippen LogP contribution in [-0.2, 0) is 16.6 Å². The lowest BCUT2D eigenvalue weighted by Gasteiger charge is -2.08. The number of hydrogen-bond acceptors (Lipinski definition) is 5. The van der Waals surface area contributed by atoms with E-state index in [-0.39, 0.29) is 11.4 Å². The molecule has 0 spiro atoms. The van der Waals surface area contributed by atoms with Gasteiger partial charge in [0.2, 0.25) is 10.0 Å². The third-order valence-electron chi connectivity index (χ3n) is 2.14. The summed E-state index contributed by atoms with van der Waals surface area (Å²) < 4.78 is 27.1. The Bertz CT molecular complexity index is 641. The average Bonchev–Trinajstić information content (AvgIpc) is 2.83. The van der Waals surface area contributed by atoms with E-state index in [1.165, 1.54) is 17.4 Å². The van der Waals surface area contributed by atoms with E-state index in [0.717, 1.165) is 0 Å². The molecule has 0 atom stereocenters. The molecule has 0 aliphatic carbocycles. The highest BCUT2D eigenvalue weighted by atomic mass is 79.9. The second-order valence-electron chi connectivity index (χ2n) is 3.44. The molecular weight excluding hydrogens is 338 g/mol. The molecule has 2 aromatic rings. The van der Waals surface area contributed by atoms with Crippen molar-refractivity contribution >= 4 is 43.0 Å². The second kappa shape index (κ2) is 5.35. The first kappa shape index (κ1) is 13.5. The summed E-state index contributed by atoms with van der Waals surface area (Å²) in [6.07, 6.45) is 1.63. The first-order valence-corrected chi connectivity index (χ1v) is 8.08. The van der Waals surface area contributed by atoms with Crippen molar-refractivity contribution in [3.8, 4) is 0 Å². The van der Waals surface area contributed by atoms with Crippen molar-refractivity contribution in [3.05, 3.63) is 39.3 Å². The van der Waals surface area contributed by atoms with Crippen LogP contribution in [-0.4, -0.2) is 13.4 Å². The topological polar surface area (TPSA) is 85.1 Å². The zero-order valence-corrected chi connectivity index (χ0v) is 12.3. The van der Waals surface area contributed by atoms with Crippen LogP contribution >= 0.6 is 27.3 Å². The molecule has 0 saturated carbocycles. The van der Waals surface area contributed by atoms with Gasteiger partial charge in [0.15, 0.2) is 0 Å². The summed E-state index contributed by atoms with van der Waals surface area (Å²) in [4.78, 5) is 4.13.